The first-order valence-electron chi connectivity index (χ1n) is 5.98. The topological polar surface area (TPSA) is 67.2 Å². The van der Waals surface area contributed by atoms with Gasteiger partial charge in [0.05, 0.1) is 15.9 Å². The number of hydrogen-bond acceptors (Lipinski definition) is 3. The van der Waals surface area contributed by atoms with Gasteiger partial charge in [0, 0.05) is 13.6 Å². The van der Waals surface area contributed by atoms with Gasteiger partial charge in [0.1, 0.15) is 5.54 Å². The maximum Gasteiger partial charge on any atom is 0.323 e. The lowest BCUT2D eigenvalue weighted by atomic mass is 9.96. The molecule has 1 rings (SSSR count). The molecule has 0 aliphatic rings. The molecule has 0 bridgehead atoms. The first kappa shape index (κ1) is 15.2. The molecular formula is C12H20BrN3O2. The Labute approximate surface area is 116 Å². The first-order chi connectivity index (χ1) is 8.31. The van der Waals surface area contributed by atoms with Crippen LogP contribution in [0.1, 0.15) is 38.1 Å². The number of carbonyl (C=O) groups is 1. The van der Waals surface area contributed by atoms with Gasteiger partial charge in [-0.25, -0.2) is 0 Å². The highest BCUT2D eigenvalue weighted by molar-refractivity contribution is 9.10. The van der Waals surface area contributed by atoms with Crippen LogP contribution in [0.15, 0.2) is 4.47 Å². The summed E-state index contributed by atoms with van der Waals surface area (Å²) in [6, 6.07) is 0. The lowest BCUT2D eigenvalue weighted by Crippen LogP contribution is -2.49. The molecule has 0 radical (unpaired) electrons. The molecule has 0 fully saturated rings. The minimum Gasteiger partial charge on any atom is -0.480 e. The predicted octanol–water partition coefficient (Wildman–Crippen LogP) is 2.22. The molecule has 0 amide bonds. The van der Waals surface area contributed by atoms with E-state index in [2.05, 4.69) is 26.3 Å². The summed E-state index contributed by atoms with van der Waals surface area (Å²) in [5, 5.41) is 16.7. The van der Waals surface area contributed by atoms with E-state index in [4.69, 9.17) is 0 Å². The summed E-state index contributed by atoms with van der Waals surface area (Å²) in [7, 11) is 1.85. The van der Waals surface area contributed by atoms with Gasteiger partial charge in [-0.3, -0.25) is 14.8 Å². The van der Waals surface area contributed by atoms with E-state index in [-0.39, 0.29) is 0 Å². The monoisotopic (exact) mass is 317 g/mol. The highest BCUT2D eigenvalue weighted by Crippen LogP contribution is 2.21. The second kappa shape index (κ2) is 5.84. The van der Waals surface area contributed by atoms with Crippen LogP contribution in [0.25, 0.3) is 0 Å². The van der Waals surface area contributed by atoms with Crippen LogP contribution >= 0.6 is 15.9 Å². The SMILES string of the molecule is CCCC(C)(NCc1c(Br)c(C)nn1C)C(=O)O. The van der Waals surface area contributed by atoms with Gasteiger partial charge in [-0.1, -0.05) is 13.3 Å². The summed E-state index contributed by atoms with van der Waals surface area (Å²) in [4.78, 5) is 11.3. The zero-order valence-corrected chi connectivity index (χ0v) is 12.8. The molecule has 0 spiro atoms. The van der Waals surface area contributed by atoms with Crippen molar-refractivity contribution in [3.05, 3.63) is 15.9 Å². The maximum atomic E-state index is 11.3. The van der Waals surface area contributed by atoms with Crippen LogP contribution in [0.4, 0.5) is 0 Å². The third-order valence-electron chi connectivity index (χ3n) is 3.13. The summed E-state index contributed by atoms with van der Waals surface area (Å²) in [6.07, 6.45) is 1.41. The van der Waals surface area contributed by atoms with E-state index in [0.29, 0.717) is 13.0 Å². The quantitative estimate of drug-likeness (QED) is 0.844. The Morgan fingerprint density at radius 1 is 1.61 bits per heavy atom. The summed E-state index contributed by atoms with van der Waals surface area (Å²) in [5.41, 5.74) is 0.963. The molecular weight excluding hydrogens is 298 g/mol. The Morgan fingerprint density at radius 2 is 2.22 bits per heavy atom. The molecule has 18 heavy (non-hydrogen) atoms. The van der Waals surface area contributed by atoms with Crippen molar-refractivity contribution in [1.82, 2.24) is 15.1 Å². The van der Waals surface area contributed by atoms with Gasteiger partial charge in [-0.15, -0.1) is 0 Å². The largest absolute Gasteiger partial charge is 0.480 e. The number of nitrogens with one attached hydrogen (secondary N) is 1. The molecule has 1 aromatic rings. The minimum absolute atomic E-state index is 0.473. The number of halogens is 1. The van der Waals surface area contributed by atoms with E-state index in [1.807, 2.05) is 20.9 Å². The van der Waals surface area contributed by atoms with Crippen LogP contribution in [-0.4, -0.2) is 26.4 Å². The smallest absolute Gasteiger partial charge is 0.323 e. The third-order valence-corrected chi connectivity index (χ3v) is 4.16. The normalized spacial score (nSPS) is 14.5. The van der Waals surface area contributed by atoms with Crippen molar-refractivity contribution in [3.63, 3.8) is 0 Å². The van der Waals surface area contributed by atoms with Crippen molar-refractivity contribution < 1.29 is 9.90 Å². The van der Waals surface area contributed by atoms with Crippen LogP contribution in [-0.2, 0) is 18.4 Å². The zero-order chi connectivity index (χ0) is 13.9. The summed E-state index contributed by atoms with van der Waals surface area (Å²) >= 11 is 3.47. The van der Waals surface area contributed by atoms with Gasteiger partial charge >= 0.3 is 5.97 Å². The fraction of sp³-hybridized carbons (Fsp3) is 0.667. The fourth-order valence-electron chi connectivity index (χ4n) is 1.92. The molecule has 1 aromatic heterocycles. The third kappa shape index (κ3) is 3.11. The van der Waals surface area contributed by atoms with E-state index in [0.717, 1.165) is 22.3 Å². The van der Waals surface area contributed by atoms with Crippen molar-refractivity contribution in [1.29, 1.82) is 0 Å². The number of rotatable bonds is 6. The van der Waals surface area contributed by atoms with E-state index in [1.165, 1.54) is 0 Å². The first-order valence-corrected chi connectivity index (χ1v) is 6.77. The molecule has 0 aliphatic heterocycles. The molecule has 0 saturated carbocycles. The minimum atomic E-state index is -0.896. The van der Waals surface area contributed by atoms with Crippen LogP contribution in [0.5, 0.6) is 0 Å². The molecule has 6 heteroatoms. The Hall–Kier alpha value is -0.880. The van der Waals surface area contributed by atoms with Crippen molar-refractivity contribution >= 4 is 21.9 Å². The zero-order valence-electron chi connectivity index (χ0n) is 11.2. The summed E-state index contributed by atoms with van der Waals surface area (Å²) in [5.74, 6) is -0.820. The second-order valence-corrected chi connectivity index (χ2v) is 5.50. The molecule has 0 aromatic carbocycles. The maximum absolute atomic E-state index is 11.3. The standard InChI is InChI=1S/C12H20BrN3O2/c1-5-6-12(3,11(17)18)14-7-9-10(13)8(2)15-16(9)4/h14H,5-7H2,1-4H3,(H,17,18). The molecule has 2 N–H and O–H groups in total. The Kier molecular flexibility index (Phi) is 4.92. The van der Waals surface area contributed by atoms with Gasteiger partial charge in [0.2, 0.25) is 0 Å². The Morgan fingerprint density at radius 3 is 2.61 bits per heavy atom. The number of aryl methyl sites for hydroxylation is 2. The number of aromatic nitrogens is 2. The van der Waals surface area contributed by atoms with Gasteiger partial charge in [0.15, 0.2) is 0 Å². The van der Waals surface area contributed by atoms with Crippen LogP contribution in [0.2, 0.25) is 0 Å². The summed E-state index contributed by atoms with van der Waals surface area (Å²) in [6.45, 7) is 6.08. The van der Waals surface area contributed by atoms with Crippen LogP contribution in [0.3, 0.4) is 0 Å². The van der Waals surface area contributed by atoms with Crippen molar-refractivity contribution in [3.8, 4) is 0 Å². The molecule has 0 saturated heterocycles. The summed E-state index contributed by atoms with van der Waals surface area (Å²) < 4.78 is 2.70. The van der Waals surface area contributed by atoms with E-state index in [9.17, 15) is 9.90 Å². The lowest BCUT2D eigenvalue weighted by molar-refractivity contribution is -0.144. The predicted molar refractivity (Wildman–Crippen MR) is 73.4 cm³/mol. The molecule has 102 valence electrons. The molecule has 1 unspecified atom stereocenters. The van der Waals surface area contributed by atoms with Crippen molar-refractivity contribution in [2.45, 2.75) is 45.7 Å². The number of aliphatic carboxylic acids is 1. The van der Waals surface area contributed by atoms with E-state index < -0.39 is 11.5 Å². The number of carboxylic acids is 1. The van der Waals surface area contributed by atoms with Gasteiger partial charge in [0.25, 0.3) is 0 Å². The highest BCUT2D eigenvalue weighted by Gasteiger charge is 2.31. The number of nitrogens with zero attached hydrogens (tertiary/aromatic N) is 2. The van der Waals surface area contributed by atoms with Crippen LogP contribution in [0, 0.1) is 6.92 Å². The highest BCUT2D eigenvalue weighted by atomic mass is 79.9. The molecule has 5 nitrogen and oxygen atoms in total. The lowest BCUT2D eigenvalue weighted by Gasteiger charge is -2.26. The van der Waals surface area contributed by atoms with Crippen molar-refractivity contribution in [2.24, 2.45) is 7.05 Å². The van der Waals surface area contributed by atoms with Gasteiger partial charge < -0.3 is 5.11 Å². The van der Waals surface area contributed by atoms with Crippen molar-refractivity contribution in [2.75, 3.05) is 0 Å². The fourth-order valence-corrected chi connectivity index (χ4v) is 2.40. The average Bonchev–Trinajstić information content (AvgIpc) is 2.51. The van der Waals surface area contributed by atoms with Gasteiger partial charge in [-0.2, -0.15) is 5.10 Å². The van der Waals surface area contributed by atoms with Crippen LogP contribution < -0.4 is 5.32 Å². The number of hydrogen-bond donors (Lipinski definition) is 2. The van der Waals surface area contributed by atoms with Gasteiger partial charge in [-0.05, 0) is 36.2 Å². The number of carboxylic acid groups (broad SMARTS) is 1. The van der Waals surface area contributed by atoms with E-state index >= 15 is 0 Å². The Balaban J connectivity index is 2.82. The second-order valence-electron chi connectivity index (χ2n) is 4.71. The molecule has 1 atom stereocenters. The molecule has 1 heterocycles. The molecule has 0 aliphatic carbocycles. The average molecular weight is 318 g/mol. The van der Waals surface area contributed by atoms with E-state index in [1.54, 1.807) is 11.6 Å². The Bertz CT molecular complexity index is 445.